The fourth-order valence-corrected chi connectivity index (χ4v) is 1.88. The fraction of sp³-hybridized carbons (Fsp3) is 0.200. The van der Waals surface area contributed by atoms with Gasteiger partial charge in [0.25, 0.3) is 5.69 Å². The molecule has 0 saturated carbocycles. The van der Waals surface area contributed by atoms with Crippen LogP contribution in [0.5, 0.6) is 0 Å². The zero-order valence-electron chi connectivity index (χ0n) is 8.89. The third-order valence-corrected chi connectivity index (χ3v) is 2.63. The molecular formula is C10H9N3O4. The standard InChI is InChI=1S/C10H9N3O4/c1-4(14)9-5-2-6(11)8(13(16)17)3-7(5)12-10(9)15/h2-3,9H,11H2,1H3,(H,12,15). The SMILES string of the molecule is CC(=O)C1C(=O)Nc2cc([N+](=O)[O-])c(N)cc21. The first-order chi connectivity index (χ1) is 7.91. The van der Waals surface area contributed by atoms with E-state index < -0.39 is 16.7 Å². The molecule has 1 aromatic carbocycles. The Hall–Kier alpha value is -2.44. The van der Waals surface area contributed by atoms with E-state index in [4.69, 9.17) is 5.73 Å². The molecule has 0 fully saturated rings. The molecule has 0 spiro atoms. The number of nitro benzene ring substituents is 1. The molecule has 88 valence electrons. The number of rotatable bonds is 2. The van der Waals surface area contributed by atoms with Crippen molar-refractivity contribution >= 4 is 28.8 Å². The van der Waals surface area contributed by atoms with Gasteiger partial charge in [0.05, 0.1) is 10.6 Å². The van der Waals surface area contributed by atoms with Gasteiger partial charge in [-0.15, -0.1) is 0 Å². The Morgan fingerprint density at radius 1 is 1.53 bits per heavy atom. The summed E-state index contributed by atoms with van der Waals surface area (Å²) in [5.41, 5.74) is 5.84. The van der Waals surface area contributed by atoms with E-state index in [0.29, 0.717) is 5.56 Å². The number of nitrogens with zero attached hydrogens (tertiary/aromatic N) is 1. The van der Waals surface area contributed by atoms with Crippen molar-refractivity contribution in [3.63, 3.8) is 0 Å². The van der Waals surface area contributed by atoms with E-state index in [1.165, 1.54) is 19.1 Å². The lowest BCUT2D eigenvalue weighted by atomic mass is 9.96. The van der Waals surface area contributed by atoms with Crippen molar-refractivity contribution in [3.05, 3.63) is 27.8 Å². The van der Waals surface area contributed by atoms with Crippen molar-refractivity contribution in [2.24, 2.45) is 0 Å². The molecule has 1 aromatic rings. The van der Waals surface area contributed by atoms with Crippen LogP contribution in [0.15, 0.2) is 12.1 Å². The van der Waals surface area contributed by atoms with Crippen LogP contribution in [-0.2, 0) is 9.59 Å². The van der Waals surface area contributed by atoms with Gasteiger partial charge < -0.3 is 11.1 Å². The summed E-state index contributed by atoms with van der Waals surface area (Å²) in [7, 11) is 0. The largest absolute Gasteiger partial charge is 0.393 e. The van der Waals surface area contributed by atoms with E-state index in [9.17, 15) is 19.7 Å². The molecule has 1 aliphatic rings. The number of hydrogen-bond acceptors (Lipinski definition) is 5. The van der Waals surface area contributed by atoms with Crippen LogP contribution in [0.3, 0.4) is 0 Å². The lowest BCUT2D eigenvalue weighted by molar-refractivity contribution is -0.383. The van der Waals surface area contributed by atoms with E-state index in [1.54, 1.807) is 0 Å². The molecule has 1 atom stereocenters. The number of amides is 1. The van der Waals surface area contributed by atoms with Crippen LogP contribution in [0.25, 0.3) is 0 Å². The van der Waals surface area contributed by atoms with Gasteiger partial charge in [0, 0.05) is 6.07 Å². The van der Waals surface area contributed by atoms with Gasteiger partial charge in [-0.2, -0.15) is 0 Å². The molecular weight excluding hydrogens is 226 g/mol. The molecule has 0 saturated heterocycles. The molecule has 0 bridgehead atoms. The second kappa shape index (κ2) is 3.55. The quantitative estimate of drug-likeness (QED) is 0.340. The summed E-state index contributed by atoms with van der Waals surface area (Å²) in [5.74, 6) is -1.73. The maximum Gasteiger partial charge on any atom is 0.294 e. The highest BCUT2D eigenvalue weighted by Crippen LogP contribution is 2.38. The van der Waals surface area contributed by atoms with Gasteiger partial charge in [-0.1, -0.05) is 0 Å². The first kappa shape index (κ1) is 11.1. The monoisotopic (exact) mass is 235 g/mol. The zero-order chi connectivity index (χ0) is 12.7. The van der Waals surface area contributed by atoms with Crippen LogP contribution in [0.2, 0.25) is 0 Å². The Kier molecular flexibility index (Phi) is 2.31. The highest BCUT2D eigenvalue weighted by molar-refractivity contribution is 6.16. The van der Waals surface area contributed by atoms with E-state index >= 15 is 0 Å². The third-order valence-electron chi connectivity index (χ3n) is 2.63. The van der Waals surface area contributed by atoms with Crippen LogP contribution >= 0.6 is 0 Å². The minimum absolute atomic E-state index is 0.0588. The van der Waals surface area contributed by atoms with Crippen LogP contribution < -0.4 is 11.1 Å². The van der Waals surface area contributed by atoms with E-state index in [2.05, 4.69) is 5.32 Å². The number of nitrogen functional groups attached to an aromatic ring is 1. The normalized spacial score (nSPS) is 17.5. The maximum absolute atomic E-state index is 11.5. The number of hydrogen-bond donors (Lipinski definition) is 2. The number of nitro groups is 1. The topological polar surface area (TPSA) is 115 Å². The summed E-state index contributed by atoms with van der Waals surface area (Å²) in [6, 6.07) is 2.48. The summed E-state index contributed by atoms with van der Waals surface area (Å²) in [4.78, 5) is 32.9. The third kappa shape index (κ3) is 1.61. The van der Waals surface area contributed by atoms with Gasteiger partial charge in [0.2, 0.25) is 5.91 Å². The van der Waals surface area contributed by atoms with Crippen LogP contribution in [0.4, 0.5) is 17.1 Å². The molecule has 1 heterocycles. The molecule has 3 N–H and O–H groups in total. The molecule has 17 heavy (non-hydrogen) atoms. The molecule has 0 aliphatic carbocycles. The number of carbonyl (C=O) groups excluding carboxylic acids is 2. The Bertz CT molecular complexity index is 553. The zero-order valence-corrected chi connectivity index (χ0v) is 8.89. The highest BCUT2D eigenvalue weighted by Gasteiger charge is 2.36. The van der Waals surface area contributed by atoms with Gasteiger partial charge in [-0.3, -0.25) is 19.7 Å². The molecule has 7 nitrogen and oxygen atoms in total. The predicted molar refractivity (Wildman–Crippen MR) is 59.6 cm³/mol. The first-order valence-electron chi connectivity index (χ1n) is 4.81. The van der Waals surface area contributed by atoms with Gasteiger partial charge >= 0.3 is 0 Å². The molecule has 0 radical (unpaired) electrons. The van der Waals surface area contributed by atoms with Gasteiger partial charge in [0.15, 0.2) is 0 Å². The minimum Gasteiger partial charge on any atom is -0.393 e. The van der Waals surface area contributed by atoms with Crippen molar-refractivity contribution in [2.45, 2.75) is 12.8 Å². The average molecular weight is 235 g/mol. The van der Waals surface area contributed by atoms with E-state index in [0.717, 1.165) is 0 Å². The molecule has 7 heteroatoms. The Balaban J connectivity index is 2.60. The predicted octanol–water partition coefficient (Wildman–Crippen LogP) is 0.802. The van der Waals surface area contributed by atoms with Crippen molar-refractivity contribution in [1.82, 2.24) is 0 Å². The van der Waals surface area contributed by atoms with Crippen molar-refractivity contribution in [1.29, 1.82) is 0 Å². The minimum atomic E-state index is -0.923. The summed E-state index contributed by atoms with van der Waals surface area (Å²) >= 11 is 0. The number of carbonyl (C=O) groups is 2. The van der Waals surface area contributed by atoms with Gasteiger partial charge in [-0.05, 0) is 18.6 Å². The highest BCUT2D eigenvalue weighted by atomic mass is 16.6. The molecule has 1 amide bonds. The maximum atomic E-state index is 11.5. The lowest BCUT2D eigenvalue weighted by Gasteiger charge is -2.05. The van der Waals surface area contributed by atoms with E-state index in [-0.39, 0.29) is 22.8 Å². The van der Waals surface area contributed by atoms with Crippen molar-refractivity contribution in [2.75, 3.05) is 11.1 Å². The summed E-state index contributed by atoms with van der Waals surface area (Å²) < 4.78 is 0. The number of fused-ring (bicyclic) bond motifs is 1. The van der Waals surface area contributed by atoms with Crippen molar-refractivity contribution < 1.29 is 14.5 Å². The number of ketones is 1. The molecule has 2 rings (SSSR count). The molecule has 0 aromatic heterocycles. The Morgan fingerprint density at radius 2 is 2.18 bits per heavy atom. The van der Waals surface area contributed by atoms with Crippen LogP contribution in [0, 0.1) is 10.1 Å². The molecule has 1 unspecified atom stereocenters. The Morgan fingerprint density at radius 3 is 2.71 bits per heavy atom. The van der Waals surface area contributed by atoms with Gasteiger partial charge in [0.1, 0.15) is 17.4 Å². The molecule has 1 aliphatic heterocycles. The number of nitrogens with two attached hydrogens (primary N) is 1. The van der Waals surface area contributed by atoms with E-state index in [1.807, 2.05) is 0 Å². The van der Waals surface area contributed by atoms with Gasteiger partial charge in [-0.25, -0.2) is 0 Å². The van der Waals surface area contributed by atoms with Crippen molar-refractivity contribution in [3.8, 4) is 0 Å². The summed E-state index contributed by atoms with van der Waals surface area (Å²) in [5, 5.41) is 13.1. The lowest BCUT2D eigenvalue weighted by Crippen LogP contribution is -2.18. The second-order valence-corrected chi connectivity index (χ2v) is 3.79. The first-order valence-corrected chi connectivity index (χ1v) is 4.81. The fourth-order valence-electron chi connectivity index (χ4n) is 1.88. The number of nitrogens with one attached hydrogen (secondary N) is 1. The summed E-state index contributed by atoms with van der Waals surface area (Å²) in [6.45, 7) is 1.29. The number of Topliss-reactive ketones (excluding diaryl/α,β-unsaturated/α-hetero) is 1. The second-order valence-electron chi connectivity index (χ2n) is 3.79. The summed E-state index contributed by atoms with van der Waals surface area (Å²) in [6.07, 6.45) is 0. The number of anilines is 2. The van der Waals surface area contributed by atoms with Crippen LogP contribution in [-0.4, -0.2) is 16.6 Å². The van der Waals surface area contributed by atoms with Crippen LogP contribution in [0.1, 0.15) is 18.4 Å². The average Bonchev–Trinajstić information content (AvgIpc) is 2.51. The smallest absolute Gasteiger partial charge is 0.294 e. The number of benzene rings is 1. The Labute approximate surface area is 95.8 Å².